The fraction of sp³-hybridized carbons (Fsp3) is 0.471. The average molecular weight is 319 g/mol. The number of rotatable bonds is 6. The summed E-state index contributed by atoms with van der Waals surface area (Å²) >= 11 is 0. The molecule has 0 heterocycles. The molecule has 23 heavy (non-hydrogen) atoms. The van der Waals surface area contributed by atoms with Crippen LogP contribution >= 0.6 is 0 Å². The molecule has 0 saturated carbocycles. The minimum absolute atomic E-state index is 0.0662. The van der Waals surface area contributed by atoms with Gasteiger partial charge in [-0.15, -0.1) is 0 Å². The Morgan fingerprint density at radius 2 is 1.35 bits per heavy atom. The van der Waals surface area contributed by atoms with E-state index >= 15 is 0 Å². The van der Waals surface area contributed by atoms with Crippen molar-refractivity contribution in [3.63, 3.8) is 0 Å². The van der Waals surface area contributed by atoms with Crippen molar-refractivity contribution in [2.45, 2.75) is 40.5 Å². The monoisotopic (exact) mass is 319 g/mol. The van der Waals surface area contributed by atoms with E-state index in [0.717, 1.165) is 0 Å². The molecule has 0 aliphatic heterocycles. The Kier molecular flexibility index (Phi) is 6.75. The second kappa shape index (κ2) is 8.31. The summed E-state index contributed by atoms with van der Waals surface area (Å²) in [4.78, 5) is 34.7. The summed E-state index contributed by atoms with van der Waals surface area (Å²) in [7, 11) is 0. The summed E-state index contributed by atoms with van der Waals surface area (Å²) in [5, 5.41) is 8.01. The third-order valence-corrected chi connectivity index (χ3v) is 2.91. The second-order valence-electron chi connectivity index (χ2n) is 6.54. The highest BCUT2D eigenvalue weighted by molar-refractivity contribution is 5.95. The highest BCUT2D eigenvalue weighted by Gasteiger charge is 2.16. The summed E-state index contributed by atoms with van der Waals surface area (Å²) in [5.74, 6) is -0.508. The van der Waals surface area contributed by atoms with E-state index in [1.165, 1.54) is 0 Å². The Bertz CT molecular complexity index is 559. The first-order valence-corrected chi connectivity index (χ1v) is 7.66. The molecule has 0 aliphatic carbocycles. The molecule has 0 unspecified atom stereocenters. The fourth-order valence-electron chi connectivity index (χ4n) is 1.81. The van der Waals surface area contributed by atoms with E-state index in [4.69, 9.17) is 0 Å². The molecular formula is C17H25N3O3. The standard InChI is InChI=1S/C17H25N3O3/c1-5-14(21)19-12-6-8-13(9-7-12)20-16(23)11-18-15(22)10-17(2,3)4/h6-9H,5,10-11H2,1-4H3,(H,18,22)(H,19,21)(H,20,23). The lowest BCUT2D eigenvalue weighted by atomic mass is 9.92. The molecule has 1 rings (SSSR count). The molecule has 6 nitrogen and oxygen atoms in total. The van der Waals surface area contributed by atoms with E-state index in [1.807, 2.05) is 20.8 Å². The predicted octanol–water partition coefficient (Wildman–Crippen LogP) is 2.53. The second-order valence-corrected chi connectivity index (χ2v) is 6.54. The highest BCUT2D eigenvalue weighted by atomic mass is 16.2. The number of carbonyl (C=O) groups excluding carboxylic acids is 3. The van der Waals surface area contributed by atoms with Crippen molar-refractivity contribution in [1.29, 1.82) is 0 Å². The van der Waals surface area contributed by atoms with Gasteiger partial charge >= 0.3 is 0 Å². The Balaban J connectivity index is 2.42. The van der Waals surface area contributed by atoms with Crippen LogP contribution in [-0.4, -0.2) is 24.3 Å². The summed E-state index contributed by atoms with van der Waals surface area (Å²) in [6, 6.07) is 6.81. The van der Waals surface area contributed by atoms with Crippen LogP contribution in [0.3, 0.4) is 0 Å². The van der Waals surface area contributed by atoms with Gasteiger partial charge in [0, 0.05) is 24.2 Å². The van der Waals surface area contributed by atoms with Crippen molar-refractivity contribution in [2.24, 2.45) is 5.41 Å². The number of nitrogens with one attached hydrogen (secondary N) is 3. The highest BCUT2D eigenvalue weighted by Crippen LogP contribution is 2.17. The first-order chi connectivity index (χ1) is 10.7. The maximum atomic E-state index is 11.8. The van der Waals surface area contributed by atoms with Gasteiger partial charge in [0.2, 0.25) is 17.7 Å². The van der Waals surface area contributed by atoms with Gasteiger partial charge in [-0.2, -0.15) is 0 Å². The minimum Gasteiger partial charge on any atom is -0.347 e. The van der Waals surface area contributed by atoms with E-state index in [-0.39, 0.29) is 29.7 Å². The van der Waals surface area contributed by atoms with Crippen molar-refractivity contribution >= 4 is 29.1 Å². The van der Waals surface area contributed by atoms with Gasteiger partial charge in [0.15, 0.2) is 0 Å². The zero-order valence-corrected chi connectivity index (χ0v) is 14.2. The van der Waals surface area contributed by atoms with E-state index in [0.29, 0.717) is 24.2 Å². The summed E-state index contributed by atoms with van der Waals surface area (Å²) in [5.41, 5.74) is 1.17. The van der Waals surface area contributed by atoms with Crippen LogP contribution in [0.5, 0.6) is 0 Å². The summed E-state index contributed by atoms with van der Waals surface area (Å²) in [6.45, 7) is 7.60. The van der Waals surface area contributed by atoms with Crippen LogP contribution in [0.15, 0.2) is 24.3 Å². The Labute approximate surface area is 137 Å². The molecule has 6 heteroatoms. The number of carbonyl (C=O) groups is 3. The zero-order chi connectivity index (χ0) is 17.5. The predicted molar refractivity (Wildman–Crippen MR) is 91.1 cm³/mol. The molecule has 0 radical (unpaired) electrons. The van der Waals surface area contributed by atoms with Gasteiger partial charge in [-0.05, 0) is 29.7 Å². The normalized spacial score (nSPS) is 10.8. The molecule has 0 atom stereocenters. The van der Waals surface area contributed by atoms with Gasteiger partial charge in [-0.3, -0.25) is 14.4 Å². The SMILES string of the molecule is CCC(=O)Nc1ccc(NC(=O)CNC(=O)CC(C)(C)C)cc1. The Morgan fingerprint density at radius 1 is 0.870 bits per heavy atom. The molecule has 126 valence electrons. The lowest BCUT2D eigenvalue weighted by molar-refractivity contribution is -0.125. The molecule has 3 amide bonds. The minimum atomic E-state index is -0.294. The van der Waals surface area contributed by atoms with Gasteiger partial charge in [-0.1, -0.05) is 27.7 Å². The smallest absolute Gasteiger partial charge is 0.243 e. The quantitative estimate of drug-likeness (QED) is 0.753. The largest absolute Gasteiger partial charge is 0.347 e. The molecule has 3 N–H and O–H groups in total. The zero-order valence-electron chi connectivity index (χ0n) is 14.2. The van der Waals surface area contributed by atoms with E-state index in [9.17, 15) is 14.4 Å². The average Bonchev–Trinajstić information content (AvgIpc) is 2.45. The molecule has 0 aromatic heterocycles. The van der Waals surface area contributed by atoms with Crippen LogP contribution in [0.4, 0.5) is 11.4 Å². The molecule has 0 aliphatic rings. The van der Waals surface area contributed by atoms with Crippen molar-refractivity contribution in [3.05, 3.63) is 24.3 Å². The van der Waals surface area contributed by atoms with Crippen LogP contribution in [0, 0.1) is 5.41 Å². The van der Waals surface area contributed by atoms with Gasteiger partial charge in [0.25, 0.3) is 0 Å². The van der Waals surface area contributed by atoms with Gasteiger partial charge in [-0.25, -0.2) is 0 Å². The molecule has 0 fully saturated rings. The van der Waals surface area contributed by atoms with Crippen molar-refractivity contribution in [1.82, 2.24) is 5.32 Å². The lowest BCUT2D eigenvalue weighted by Crippen LogP contribution is -2.34. The first kappa shape index (κ1) is 18.7. The van der Waals surface area contributed by atoms with Gasteiger partial charge in [0.1, 0.15) is 0 Å². The van der Waals surface area contributed by atoms with Crippen LogP contribution in [0.25, 0.3) is 0 Å². The van der Waals surface area contributed by atoms with E-state index in [1.54, 1.807) is 31.2 Å². The maximum absolute atomic E-state index is 11.8. The molecule has 1 aromatic rings. The van der Waals surface area contributed by atoms with Crippen LogP contribution in [0.2, 0.25) is 0 Å². The van der Waals surface area contributed by atoms with Crippen LogP contribution < -0.4 is 16.0 Å². The third-order valence-electron chi connectivity index (χ3n) is 2.91. The summed E-state index contributed by atoms with van der Waals surface area (Å²) in [6.07, 6.45) is 0.777. The fourth-order valence-corrected chi connectivity index (χ4v) is 1.81. The molecular weight excluding hydrogens is 294 g/mol. The van der Waals surface area contributed by atoms with Crippen molar-refractivity contribution < 1.29 is 14.4 Å². The molecule has 1 aromatic carbocycles. The van der Waals surface area contributed by atoms with Crippen molar-refractivity contribution in [3.8, 4) is 0 Å². The topological polar surface area (TPSA) is 87.3 Å². The lowest BCUT2D eigenvalue weighted by Gasteiger charge is -2.17. The van der Waals surface area contributed by atoms with Crippen LogP contribution in [-0.2, 0) is 14.4 Å². The maximum Gasteiger partial charge on any atom is 0.243 e. The first-order valence-electron chi connectivity index (χ1n) is 7.66. The van der Waals surface area contributed by atoms with E-state index < -0.39 is 0 Å². The van der Waals surface area contributed by atoms with E-state index in [2.05, 4.69) is 16.0 Å². The van der Waals surface area contributed by atoms with Gasteiger partial charge in [0.05, 0.1) is 6.54 Å². The number of anilines is 2. The number of amides is 3. The Morgan fingerprint density at radius 3 is 1.78 bits per heavy atom. The Hall–Kier alpha value is -2.37. The van der Waals surface area contributed by atoms with Crippen molar-refractivity contribution in [2.75, 3.05) is 17.2 Å². The molecule has 0 bridgehead atoms. The number of hydrogen-bond donors (Lipinski definition) is 3. The van der Waals surface area contributed by atoms with Crippen LogP contribution in [0.1, 0.15) is 40.5 Å². The molecule has 0 spiro atoms. The number of benzene rings is 1. The number of hydrogen-bond acceptors (Lipinski definition) is 3. The molecule has 0 saturated heterocycles. The van der Waals surface area contributed by atoms with Gasteiger partial charge < -0.3 is 16.0 Å². The summed E-state index contributed by atoms with van der Waals surface area (Å²) < 4.78 is 0. The third kappa shape index (κ3) is 7.99.